The zero-order chi connectivity index (χ0) is 19.9. The number of hydrogen-bond donors (Lipinski definition) is 2. The van der Waals surface area contributed by atoms with Gasteiger partial charge in [0.15, 0.2) is 28.1 Å². The predicted molar refractivity (Wildman–Crippen MR) is 114 cm³/mol. The molecule has 2 aromatic rings. The summed E-state index contributed by atoms with van der Waals surface area (Å²) >= 11 is 5.47. The largest absolute Gasteiger partial charge is 0.490 e. The topological polar surface area (TPSA) is 61.0 Å². The van der Waals surface area contributed by atoms with Gasteiger partial charge in [-0.25, -0.2) is 0 Å². The highest BCUT2D eigenvalue weighted by Crippen LogP contribution is 2.33. The van der Waals surface area contributed by atoms with Crippen LogP contribution in [-0.4, -0.2) is 31.5 Å². The van der Waals surface area contributed by atoms with Gasteiger partial charge in [0, 0.05) is 11.8 Å². The van der Waals surface area contributed by atoms with Gasteiger partial charge in [-0.05, 0) is 62.8 Å². The summed E-state index contributed by atoms with van der Waals surface area (Å²) in [5.74, 6) is 2.96. The molecule has 0 saturated heterocycles. The summed E-state index contributed by atoms with van der Waals surface area (Å²) in [5.41, 5.74) is 1.90. The molecular formula is C21H26N2O4S. The van der Waals surface area contributed by atoms with Crippen LogP contribution in [0.1, 0.15) is 32.4 Å². The van der Waals surface area contributed by atoms with E-state index in [2.05, 4.69) is 10.6 Å². The Hall–Kier alpha value is -2.67. The number of nitrogens with one attached hydrogen (secondary N) is 2. The van der Waals surface area contributed by atoms with Crippen molar-refractivity contribution in [2.24, 2.45) is 0 Å². The Morgan fingerprint density at radius 1 is 1.00 bits per heavy atom. The molecule has 0 fully saturated rings. The van der Waals surface area contributed by atoms with Crippen LogP contribution in [0, 0.1) is 0 Å². The number of fused-ring (bicyclic) bond motifs is 1. The number of anilines is 1. The van der Waals surface area contributed by atoms with Crippen molar-refractivity contribution < 1.29 is 18.9 Å². The zero-order valence-electron chi connectivity index (χ0n) is 16.4. The molecule has 150 valence electrons. The van der Waals surface area contributed by atoms with Gasteiger partial charge in [-0.2, -0.15) is 0 Å². The Morgan fingerprint density at radius 2 is 1.71 bits per heavy atom. The number of ether oxygens (including phenoxy) is 4. The van der Waals surface area contributed by atoms with E-state index >= 15 is 0 Å². The van der Waals surface area contributed by atoms with E-state index in [-0.39, 0.29) is 6.04 Å². The van der Waals surface area contributed by atoms with Crippen LogP contribution in [0.2, 0.25) is 0 Å². The van der Waals surface area contributed by atoms with Crippen molar-refractivity contribution in [1.82, 2.24) is 5.32 Å². The van der Waals surface area contributed by atoms with Crippen LogP contribution >= 0.6 is 12.2 Å². The average molecular weight is 403 g/mol. The van der Waals surface area contributed by atoms with Crippen LogP contribution in [0.15, 0.2) is 36.4 Å². The Balaban J connectivity index is 1.64. The Labute approximate surface area is 171 Å². The second-order valence-electron chi connectivity index (χ2n) is 6.25. The first-order chi connectivity index (χ1) is 13.6. The highest BCUT2D eigenvalue weighted by atomic mass is 32.1. The fourth-order valence-electron chi connectivity index (χ4n) is 2.91. The fourth-order valence-corrected chi connectivity index (χ4v) is 3.20. The molecule has 28 heavy (non-hydrogen) atoms. The Kier molecular flexibility index (Phi) is 6.81. The molecule has 1 aliphatic heterocycles. The molecule has 6 nitrogen and oxygen atoms in total. The minimum absolute atomic E-state index is 0.00732. The summed E-state index contributed by atoms with van der Waals surface area (Å²) in [6.07, 6.45) is 0. The summed E-state index contributed by atoms with van der Waals surface area (Å²) in [6.45, 7) is 8.25. The Bertz CT molecular complexity index is 828. The number of rotatable bonds is 7. The molecule has 1 unspecified atom stereocenters. The van der Waals surface area contributed by atoms with E-state index in [1.165, 1.54) is 0 Å². The normalized spacial score (nSPS) is 13.4. The molecule has 1 atom stereocenters. The van der Waals surface area contributed by atoms with E-state index in [1.807, 2.05) is 57.2 Å². The van der Waals surface area contributed by atoms with Crippen molar-refractivity contribution in [2.75, 3.05) is 31.7 Å². The monoisotopic (exact) mass is 402 g/mol. The van der Waals surface area contributed by atoms with Crippen molar-refractivity contribution in [3.05, 3.63) is 42.0 Å². The molecule has 7 heteroatoms. The first-order valence-corrected chi connectivity index (χ1v) is 9.88. The van der Waals surface area contributed by atoms with Gasteiger partial charge in [0.25, 0.3) is 0 Å². The smallest absolute Gasteiger partial charge is 0.171 e. The van der Waals surface area contributed by atoms with Crippen LogP contribution in [0.5, 0.6) is 23.0 Å². The molecule has 0 aliphatic carbocycles. The molecule has 0 radical (unpaired) electrons. The third-order valence-electron chi connectivity index (χ3n) is 4.22. The van der Waals surface area contributed by atoms with Crippen LogP contribution < -0.4 is 29.6 Å². The number of benzene rings is 2. The second-order valence-corrected chi connectivity index (χ2v) is 6.66. The van der Waals surface area contributed by atoms with Gasteiger partial charge in [-0.15, -0.1) is 0 Å². The third kappa shape index (κ3) is 4.98. The molecule has 1 aliphatic rings. The van der Waals surface area contributed by atoms with Gasteiger partial charge in [-0.1, -0.05) is 6.07 Å². The van der Waals surface area contributed by atoms with E-state index in [4.69, 9.17) is 31.2 Å². The van der Waals surface area contributed by atoms with Gasteiger partial charge in [0.05, 0.1) is 19.3 Å². The maximum absolute atomic E-state index is 5.71. The van der Waals surface area contributed by atoms with E-state index in [0.717, 1.165) is 34.2 Å². The molecule has 0 saturated carbocycles. The summed E-state index contributed by atoms with van der Waals surface area (Å²) in [4.78, 5) is 0. The minimum atomic E-state index is -0.00732. The van der Waals surface area contributed by atoms with Crippen molar-refractivity contribution in [3.63, 3.8) is 0 Å². The van der Waals surface area contributed by atoms with Crippen molar-refractivity contribution in [1.29, 1.82) is 0 Å². The highest BCUT2D eigenvalue weighted by molar-refractivity contribution is 7.80. The standard InChI is InChI=1S/C21H26N2O4S/c1-4-24-17-8-6-15(12-19(17)25-5-2)14(3)22-21(28)23-16-7-9-18-20(13-16)27-11-10-26-18/h6-9,12-14H,4-5,10-11H2,1-3H3,(H2,22,23,28). The maximum atomic E-state index is 5.71. The maximum Gasteiger partial charge on any atom is 0.171 e. The fraction of sp³-hybridized carbons (Fsp3) is 0.381. The van der Waals surface area contributed by atoms with Gasteiger partial charge in [0.1, 0.15) is 13.2 Å². The summed E-state index contributed by atoms with van der Waals surface area (Å²) in [6, 6.07) is 11.6. The second kappa shape index (κ2) is 9.50. The summed E-state index contributed by atoms with van der Waals surface area (Å²) in [7, 11) is 0. The molecule has 1 heterocycles. The van der Waals surface area contributed by atoms with Crippen LogP contribution in [-0.2, 0) is 0 Å². The van der Waals surface area contributed by atoms with Gasteiger partial charge >= 0.3 is 0 Å². The molecule has 0 bridgehead atoms. The summed E-state index contributed by atoms with van der Waals surface area (Å²) < 4.78 is 22.5. The van der Waals surface area contributed by atoms with Crippen molar-refractivity contribution in [2.45, 2.75) is 26.8 Å². The predicted octanol–water partition coefficient (Wildman–Crippen LogP) is 4.30. The molecule has 0 spiro atoms. The number of thiocarbonyl (C=S) groups is 1. The van der Waals surface area contributed by atoms with Gasteiger partial charge < -0.3 is 29.6 Å². The lowest BCUT2D eigenvalue weighted by atomic mass is 10.1. The first kappa shape index (κ1) is 20.1. The van der Waals surface area contributed by atoms with Gasteiger partial charge in [-0.3, -0.25) is 0 Å². The third-order valence-corrected chi connectivity index (χ3v) is 4.44. The van der Waals surface area contributed by atoms with Crippen LogP contribution in [0.3, 0.4) is 0 Å². The molecular weight excluding hydrogens is 376 g/mol. The molecule has 2 N–H and O–H groups in total. The van der Waals surface area contributed by atoms with Crippen LogP contribution in [0.4, 0.5) is 5.69 Å². The molecule has 0 aromatic heterocycles. The average Bonchev–Trinajstić information content (AvgIpc) is 2.69. The highest BCUT2D eigenvalue weighted by Gasteiger charge is 2.14. The lowest BCUT2D eigenvalue weighted by Gasteiger charge is -2.21. The van der Waals surface area contributed by atoms with E-state index in [9.17, 15) is 0 Å². The van der Waals surface area contributed by atoms with E-state index in [1.54, 1.807) is 0 Å². The first-order valence-electron chi connectivity index (χ1n) is 9.47. The zero-order valence-corrected chi connectivity index (χ0v) is 17.2. The molecule has 2 aromatic carbocycles. The lowest BCUT2D eigenvalue weighted by molar-refractivity contribution is 0.171. The van der Waals surface area contributed by atoms with E-state index < -0.39 is 0 Å². The van der Waals surface area contributed by atoms with Gasteiger partial charge in [0.2, 0.25) is 0 Å². The van der Waals surface area contributed by atoms with Crippen LogP contribution in [0.25, 0.3) is 0 Å². The Morgan fingerprint density at radius 3 is 2.46 bits per heavy atom. The van der Waals surface area contributed by atoms with Crippen molar-refractivity contribution in [3.8, 4) is 23.0 Å². The quantitative estimate of drug-likeness (QED) is 0.670. The van der Waals surface area contributed by atoms with E-state index in [0.29, 0.717) is 31.5 Å². The summed E-state index contributed by atoms with van der Waals surface area (Å²) in [5, 5.41) is 7.01. The minimum Gasteiger partial charge on any atom is -0.490 e. The lowest BCUT2D eigenvalue weighted by Crippen LogP contribution is -2.31. The SMILES string of the molecule is CCOc1ccc(C(C)NC(=S)Nc2ccc3c(c2)OCCO3)cc1OCC. The number of hydrogen-bond acceptors (Lipinski definition) is 5. The molecule has 3 rings (SSSR count). The molecule has 0 amide bonds. The van der Waals surface area contributed by atoms with Crippen molar-refractivity contribution >= 4 is 23.0 Å².